The number of nitrogens with one attached hydrogen (secondary N) is 1. The normalized spacial score (nSPS) is 20.2. The molecule has 1 aromatic heterocycles. The standard InChI is InChI=1S/C13H24N4O3S/c1-4-16-11(2)12(8-14-16)9-15-21(18,19)17-7-5-6-13(17)10-20-3/h8,13,15H,4-7,9-10H2,1-3H3/t13-/m0/s1. The maximum atomic E-state index is 12.4. The Morgan fingerprint density at radius 3 is 2.90 bits per heavy atom. The summed E-state index contributed by atoms with van der Waals surface area (Å²) in [4.78, 5) is 0. The molecule has 1 aromatic rings. The van der Waals surface area contributed by atoms with Crippen molar-refractivity contribution in [2.24, 2.45) is 0 Å². The molecule has 0 aromatic carbocycles. The number of rotatable bonds is 7. The van der Waals surface area contributed by atoms with Gasteiger partial charge in [0, 0.05) is 44.0 Å². The zero-order valence-electron chi connectivity index (χ0n) is 12.9. The molecule has 0 saturated carbocycles. The van der Waals surface area contributed by atoms with Gasteiger partial charge >= 0.3 is 0 Å². The van der Waals surface area contributed by atoms with Gasteiger partial charge in [-0.2, -0.15) is 22.5 Å². The molecule has 7 nitrogen and oxygen atoms in total. The van der Waals surface area contributed by atoms with Crippen LogP contribution in [0.1, 0.15) is 31.0 Å². The van der Waals surface area contributed by atoms with Crippen LogP contribution in [0, 0.1) is 6.92 Å². The van der Waals surface area contributed by atoms with E-state index in [-0.39, 0.29) is 12.6 Å². The van der Waals surface area contributed by atoms with Crippen LogP contribution < -0.4 is 4.72 Å². The molecule has 0 aliphatic carbocycles. The Kier molecular flexibility index (Phi) is 5.37. The second-order valence-corrected chi connectivity index (χ2v) is 6.97. The van der Waals surface area contributed by atoms with E-state index in [1.54, 1.807) is 13.3 Å². The molecule has 1 saturated heterocycles. The van der Waals surface area contributed by atoms with Crippen molar-refractivity contribution in [2.45, 2.75) is 45.8 Å². The number of nitrogens with zero attached hydrogens (tertiary/aromatic N) is 3. The zero-order chi connectivity index (χ0) is 15.5. The molecule has 2 heterocycles. The molecule has 1 atom stereocenters. The third kappa shape index (κ3) is 3.63. The summed E-state index contributed by atoms with van der Waals surface area (Å²) in [6.07, 6.45) is 3.45. The first-order valence-corrected chi connectivity index (χ1v) is 8.70. The average molecular weight is 316 g/mol. The largest absolute Gasteiger partial charge is 0.383 e. The molecule has 1 N–H and O–H groups in total. The summed E-state index contributed by atoms with van der Waals surface area (Å²) >= 11 is 0. The van der Waals surface area contributed by atoms with Crippen LogP contribution >= 0.6 is 0 Å². The van der Waals surface area contributed by atoms with Gasteiger partial charge in [0.2, 0.25) is 0 Å². The Morgan fingerprint density at radius 2 is 2.29 bits per heavy atom. The third-order valence-electron chi connectivity index (χ3n) is 3.94. The fourth-order valence-electron chi connectivity index (χ4n) is 2.71. The number of hydrogen-bond acceptors (Lipinski definition) is 4. The molecule has 1 aliphatic heterocycles. The molecular formula is C13H24N4O3S. The van der Waals surface area contributed by atoms with E-state index >= 15 is 0 Å². The van der Waals surface area contributed by atoms with Crippen LogP contribution in [-0.2, 0) is 28.0 Å². The van der Waals surface area contributed by atoms with Gasteiger partial charge in [-0.15, -0.1) is 0 Å². The summed E-state index contributed by atoms with van der Waals surface area (Å²) < 4.78 is 36.0. The Bertz CT molecular complexity index is 570. The highest BCUT2D eigenvalue weighted by molar-refractivity contribution is 7.87. The molecule has 8 heteroatoms. The monoisotopic (exact) mass is 316 g/mol. The van der Waals surface area contributed by atoms with E-state index in [1.165, 1.54) is 4.31 Å². The average Bonchev–Trinajstić information content (AvgIpc) is 3.04. The first-order valence-electron chi connectivity index (χ1n) is 7.26. The van der Waals surface area contributed by atoms with E-state index in [9.17, 15) is 8.42 Å². The highest BCUT2D eigenvalue weighted by Gasteiger charge is 2.33. The summed E-state index contributed by atoms with van der Waals surface area (Å²) in [6.45, 7) is 5.99. The predicted octanol–water partition coefficient (Wildman–Crippen LogP) is 0.657. The number of hydrogen-bond donors (Lipinski definition) is 1. The predicted molar refractivity (Wildman–Crippen MR) is 80.0 cm³/mol. The maximum absolute atomic E-state index is 12.4. The Hall–Kier alpha value is -0.960. The fourth-order valence-corrected chi connectivity index (χ4v) is 4.15. The lowest BCUT2D eigenvalue weighted by Gasteiger charge is -2.23. The Balaban J connectivity index is 2.02. The van der Waals surface area contributed by atoms with Gasteiger partial charge in [-0.1, -0.05) is 0 Å². The van der Waals surface area contributed by atoms with Crippen LogP contribution in [-0.4, -0.2) is 48.8 Å². The number of ether oxygens (including phenoxy) is 1. The van der Waals surface area contributed by atoms with Gasteiger partial charge in [-0.25, -0.2) is 0 Å². The Morgan fingerprint density at radius 1 is 1.52 bits per heavy atom. The van der Waals surface area contributed by atoms with Gasteiger partial charge in [-0.05, 0) is 26.7 Å². The molecule has 0 spiro atoms. The molecule has 1 fully saturated rings. The summed E-state index contributed by atoms with van der Waals surface area (Å²) in [7, 11) is -1.88. The van der Waals surface area contributed by atoms with Gasteiger partial charge in [0.25, 0.3) is 10.2 Å². The van der Waals surface area contributed by atoms with Crippen LogP contribution in [0.15, 0.2) is 6.20 Å². The van der Waals surface area contributed by atoms with Crippen molar-refractivity contribution < 1.29 is 13.2 Å². The van der Waals surface area contributed by atoms with Gasteiger partial charge in [-0.3, -0.25) is 4.68 Å². The number of methoxy groups -OCH3 is 1. The smallest absolute Gasteiger partial charge is 0.280 e. The van der Waals surface area contributed by atoms with Crippen LogP contribution in [0.3, 0.4) is 0 Å². The molecule has 0 bridgehead atoms. The van der Waals surface area contributed by atoms with Gasteiger partial charge in [0.05, 0.1) is 12.8 Å². The van der Waals surface area contributed by atoms with E-state index in [0.717, 1.165) is 30.6 Å². The lowest BCUT2D eigenvalue weighted by atomic mass is 10.2. The van der Waals surface area contributed by atoms with Crippen molar-refractivity contribution in [1.82, 2.24) is 18.8 Å². The van der Waals surface area contributed by atoms with E-state index in [4.69, 9.17) is 4.74 Å². The topological polar surface area (TPSA) is 76.5 Å². The molecule has 21 heavy (non-hydrogen) atoms. The molecule has 1 aliphatic rings. The number of aryl methyl sites for hydroxylation is 1. The van der Waals surface area contributed by atoms with Gasteiger partial charge in [0.1, 0.15) is 0 Å². The SMILES string of the molecule is CCn1ncc(CNS(=O)(=O)N2CCC[C@H]2COC)c1C. The lowest BCUT2D eigenvalue weighted by Crippen LogP contribution is -2.44. The van der Waals surface area contributed by atoms with Crippen molar-refractivity contribution in [2.75, 3.05) is 20.3 Å². The first-order chi connectivity index (χ1) is 9.99. The third-order valence-corrected chi connectivity index (χ3v) is 5.55. The van der Waals surface area contributed by atoms with Gasteiger partial charge < -0.3 is 4.74 Å². The second kappa shape index (κ2) is 6.87. The minimum Gasteiger partial charge on any atom is -0.383 e. The molecule has 0 unspecified atom stereocenters. The van der Waals surface area contributed by atoms with Crippen molar-refractivity contribution in [3.8, 4) is 0 Å². The minimum absolute atomic E-state index is 0.0630. The van der Waals surface area contributed by atoms with Crippen LogP contribution in [0.4, 0.5) is 0 Å². The first kappa shape index (κ1) is 16.4. The molecule has 0 amide bonds. The second-order valence-electron chi connectivity index (χ2n) is 5.26. The van der Waals surface area contributed by atoms with E-state index in [0.29, 0.717) is 13.2 Å². The molecule has 2 rings (SSSR count). The zero-order valence-corrected chi connectivity index (χ0v) is 13.7. The van der Waals surface area contributed by atoms with Crippen molar-refractivity contribution >= 4 is 10.2 Å². The minimum atomic E-state index is -3.48. The van der Waals surface area contributed by atoms with Crippen LogP contribution in [0.2, 0.25) is 0 Å². The quantitative estimate of drug-likeness (QED) is 0.801. The number of aromatic nitrogens is 2. The van der Waals surface area contributed by atoms with Crippen LogP contribution in [0.25, 0.3) is 0 Å². The summed E-state index contributed by atoms with van der Waals surface area (Å²) in [5.74, 6) is 0. The van der Waals surface area contributed by atoms with Crippen LogP contribution in [0.5, 0.6) is 0 Å². The lowest BCUT2D eigenvalue weighted by molar-refractivity contribution is 0.148. The van der Waals surface area contributed by atoms with Crippen molar-refractivity contribution in [3.05, 3.63) is 17.5 Å². The summed E-state index contributed by atoms with van der Waals surface area (Å²) in [5.41, 5.74) is 1.90. The Labute approximate surface area is 126 Å². The highest BCUT2D eigenvalue weighted by Crippen LogP contribution is 2.20. The molecular weight excluding hydrogens is 292 g/mol. The highest BCUT2D eigenvalue weighted by atomic mass is 32.2. The summed E-state index contributed by atoms with van der Waals surface area (Å²) in [6, 6.07) is -0.0630. The van der Waals surface area contributed by atoms with E-state index < -0.39 is 10.2 Å². The molecule has 120 valence electrons. The molecule has 0 radical (unpaired) electrons. The van der Waals surface area contributed by atoms with Crippen molar-refractivity contribution in [3.63, 3.8) is 0 Å². The van der Waals surface area contributed by atoms with Gasteiger partial charge in [0.15, 0.2) is 0 Å². The van der Waals surface area contributed by atoms with E-state index in [2.05, 4.69) is 9.82 Å². The fraction of sp³-hybridized carbons (Fsp3) is 0.769. The van der Waals surface area contributed by atoms with E-state index in [1.807, 2.05) is 18.5 Å². The van der Waals surface area contributed by atoms with Crippen molar-refractivity contribution in [1.29, 1.82) is 0 Å². The summed E-state index contributed by atoms with van der Waals surface area (Å²) in [5, 5.41) is 4.23. The maximum Gasteiger partial charge on any atom is 0.280 e.